The van der Waals surface area contributed by atoms with Gasteiger partial charge in [-0.3, -0.25) is 4.79 Å². The second-order valence-electron chi connectivity index (χ2n) is 6.49. The van der Waals surface area contributed by atoms with Crippen LogP contribution in [0.5, 0.6) is 0 Å². The average molecular weight is 311 g/mol. The van der Waals surface area contributed by atoms with Crippen LogP contribution >= 0.6 is 0 Å². The fraction of sp³-hybridized carbons (Fsp3) is 0.421. The predicted molar refractivity (Wildman–Crippen MR) is 86.5 cm³/mol. The number of nitrogens with zero attached hydrogens (tertiary/aromatic N) is 1. The van der Waals surface area contributed by atoms with Gasteiger partial charge in [-0.05, 0) is 49.4 Å². The van der Waals surface area contributed by atoms with E-state index in [1.165, 1.54) is 18.4 Å². The van der Waals surface area contributed by atoms with Gasteiger partial charge in [-0.15, -0.1) is 0 Å². The SMILES string of the molecule is Cc1ccc(C2CC2)c(C(=O)N2CCOC(c3ccco3)C2)c1. The van der Waals surface area contributed by atoms with Crippen molar-refractivity contribution in [1.29, 1.82) is 0 Å². The first kappa shape index (κ1) is 14.5. The maximum atomic E-state index is 13.1. The van der Waals surface area contributed by atoms with E-state index in [1.54, 1.807) is 6.26 Å². The van der Waals surface area contributed by atoms with Crippen molar-refractivity contribution in [3.63, 3.8) is 0 Å². The molecule has 2 aliphatic rings. The van der Waals surface area contributed by atoms with Crippen molar-refractivity contribution in [2.24, 2.45) is 0 Å². The van der Waals surface area contributed by atoms with E-state index in [4.69, 9.17) is 9.15 Å². The van der Waals surface area contributed by atoms with Gasteiger partial charge in [0.05, 0.1) is 19.4 Å². The summed E-state index contributed by atoms with van der Waals surface area (Å²) in [7, 11) is 0. The normalized spacial score (nSPS) is 21.4. The quantitative estimate of drug-likeness (QED) is 0.868. The number of rotatable bonds is 3. The van der Waals surface area contributed by atoms with Crippen LogP contribution in [0.3, 0.4) is 0 Å². The molecule has 23 heavy (non-hydrogen) atoms. The van der Waals surface area contributed by atoms with Gasteiger partial charge in [0, 0.05) is 12.1 Å². The van der Waals surface area contributed by atoms with E-state index >= 15 is 0 Å². The van der Waals surface area contributed by atoms with E-state index in [9.17, 15) is 4.79 Å². The van der Waals surface area contributed by atoms with Crippen LogP contribution in [-0.2, 0) is 4.74 Å². The molecule has 1 saturated heterocycles. The summed E-state index contributed by atoms with van der Waals surface area (Å²) in [5.41, 5.74) is 3.21. The largest absolute Gasteiger partial charge is 0.467 e. The van der Waals surface area contributed by atoms with Gasteiger partial charge >= 0.3 is 0 Å². The molecule has 1 amide bonds. The summed E-state index contributed by atoms with van der Waals surface area (Å²) < 4.78 is 11.2. The molecule has 2 heterocycles. The molecule has 4 nitrogen and oxygen atoms in total. The van der Waals surface area contributed by atoms with Crippen LogP contribution in [0.15, 0.2) is 41.0 Å². The Morgan fingerprint density at radius 1 is 1.26 bits per heavy atom. The number of carbonyl (C=O) groups excluding carboxylic acids is 1. The zero-order valence-corrected chi connectivity index (χ0v) is 13.3. The number of furan rings is 1. The summed E-state index contributed by atoms with van der Waals surface area (Å²) >= 11 is 0. The van der Waals surface area contributed by atoms with Crippen LogP contribution in [0, 0.1) is 6.92 Å². The van der Waals surface area contributed by atoms with Crippen LogP contribution in [0.25, 0.3) is 0 Å². The zero-order chi connectivity index (χ0) is 15.8. The van der Waals surface area contributed by atoms with Crippen molar-refractivity contribution in [1.82, 2.24) is 4.90 Å². The van der Waals surface area contributed by atoms with Crippen molar-refractivity contribution in [2.45, 2.75) is 31.8 Å². The van der Waals surface area contributed by atoms with Gasteiger partial charge in [0.2, 0.25) is 0 Å². The molecule has 120 valence electrons. The van der Waals surface area contributed by atoms with E-state index in [-0.39, 0.29) is 12.0 Å². The zero-order valence-electron chi connectivity index (χ0n) is 13.3. The van der Waals surface area contributed by atoms with Crippen LogP contribution in [0.2, 0.25) is 0 Å². The lowest BCUT2D eigenvalue weighted by Gasteiger charge is -2.32. The molecule has 0 spiro atoms. The smallest absolute Gasteiger partial charge is 0.254 e. The molecule has 1 atom stereocenters. The Morgan fingerprint density at radius 3 is 2.87 bits per heavy atom. The molecule has 1 aliphatic heterocycles. The van der Waals surface area contributed by atoms with Gasteiger partial charge in [-0.1, -0.05) is 17.7 Å². The highest BCUT2D eigenvalue weighted by atomic mass is 16.5. The Balaban J connectivity index is 1.58. The predicted octanol–water partition coefficient (Wildman–Crippen LogP) is 3.68. The Kier molecular flexibility index (Phi) is 3.69. The van der Waals surface area contributed by atoms with E-state index in [0.717, 1.165) is 16.9 Å². The molecule has 0 N–H and O–H groups in total. The Morgan fingerprint density at radius 2 is 2.13 bits per heavy atom. The number of benzene rings is 1. The highest BCUT2D eigenvalue weighted by Crippen LogP contribution is 2.42. The second kappa shape index (κ2) is 5.85. The minimum atomic E-state index is -0.170. The summed E-state index contributed by atoms with van der Waals surface area (Å²) in [6, 6.07) is 10.0. The number of morpholine rings is 1. The number of hydrogen-bond acceptors (Lipinski definition) is 3. The minimum Gasteiger partial charge on any atom is -0.467 e. The number of carbonyl (C=O) groups is 1. The molecule has 1 aromatic heterocycles. The standard InChI is InChI=1S/C19H21NO3/c1-13-4-7-15(14-5-6-14)16(11-13)19(21)20-8-10-23-18(12-20)17-3-2-9-22-17/h2-4,7,9,11,14,18H,5-6,8,10,12H2,1H3. The Bertz CT molecular complexity index is 703. The maximum absolute atomic E-state index is 13.1. The highest BCUT2D eigenvalue weighted by molar-refractivity contribution is 5.96. The monoisotopic (exact) mass is 311 g/mol. The summed E-state index contributed by atoms with van der Waals surface area (Å²) in [5, 5.41) is 0. The number of aryl methyl sites for hydroxylation is 1. The van der Waals surface area contributed by atoms with Crippen molar-refractivity contribution in [2.75, 3.05) is 19.7 Å². The summed E-state index contributed by atoms with van der Waals surface area (Å²) in [6.45, 7) is 3.76. The first-order valence-electron chi connectivity index (χ1n) is 8.27. The topological polar surface area (TPSA) is 42.7 Å². The highest BCUT2D eigenvalue weighted by Gasteiger charge is 2.32. The molecule has 1 aromatic carbocycles. The van der Waals surface area contributed by atoms with Gasteiger partial charge in [-0.25, -0.2) is 0 Å². The Labute approximate surface area is 136 Å². The summed E-state index contributed by atoms with van der Waals surface area (Å²) in [6.07, 6.45) is 3.87. The number of amides is 1. The van der Waals surface area contributed by atoms with Crippen molar-refractivity contribution >= 4 is 5.91 Å². The third kappa shape index (κ3) is 2.91. The lowest BCUT2D eigenvalue weighted by molar-refractivity contribution is -0.0321. The van der Waals surface area contributed by atoms with Crippen LogP contribution in [-0.4, -0.2) is 30.5 Å². The third-order valence-corrected chi connectivity index (χ3v) is 4.67. The first-order chi connectivity index (χ1) is 11.2. The fourth-order valence-corrected chi connectivity index (χ4v) is 3.26. The first-order valence-corrected chi connectivity index (χ1v) is 8.27. The van der Waals surface area contributed by atoms with E-state index in [2.05, 4.69) is 12.1 Å². The molecule has 0 radical (unpaired) electrons. The molecule has 1 saturated carbocycles. The lowest BCUT2D eigenvalue weighted by atomic mass is 9.99. The van der Waals surface area contributed by atoms with Gasteiger partial charge < -0.3 is 14.1 Å². The van der Waals surface area contributed by atoms with Gasteiger partial charge in [0.25, 0.3) is 5.91 Å². The molecular formula is C19H21NO3. The molecule has 4 heteroatoms. The molecule has 1 aliphatic carbocycles. The van der Waals surface area contributed by atoms with Gasteiger partial charge in [0.15, 0.2) is 0 Å². The van der Waals surface area contributed by atoms with Gasteiger partial charge in [-0.2, -0.15) is 0 Å². The molecule has 0 bridgehead atoms. The molecule has 4 rings (SSSR count). The van der Waals surface area contributed by atoms with Gasteiger partial charge in [0.1, 0.15) is 11.9 Å². The molecule has 1 unspecified atom stereocenters. The van der Waals surface area contributed by atoms with Crippen molar-refractivity contribution in [3.05, 3.63) is 59.0 Å². The van der Waals surface area contributed by atoms with E-state index < -0.39 is 0 Å². The minimum absolute atomic E-state index is 0.121. The summed E-state index contributed by atoms with van der Waals surface area (Å²) in [5.74, 6) is 1.47. The summed E-state index contributed by atoms with van der Waals surface area (Å²) in [4.78, 5) is 15.0. The maximum Gasteiger partial charge on any atom is 0.254 e. The second-order valence-corrected chi connectivity index (χ2v) is 6.49. The van der Waals surface area contributed by atoms with E-state index in [0.29, 0.717) is 25.6 Å². The van der Waals surface area contributed by atoms with E-state index in [1.807, 2.05) is 30.0 Å². The average Bonchev–Trinajstić information content (AvgIpc) is 3.27. The number of ether oxygens (including phenoxy) is 1. The number of hydrogen-bond donors (Lipinski definition) is 0. The van der Waals surface area contributed by atoms with Crippen molar-refractivity contribution < 1.29 is 13.9 Å². The lowest BCUT2D eigenvalue weighted by Crippen LogP contribution is -2.42. The van der Waals surface area contributed by atoms with Crippen LogP contribution < -0.4 is 0 Å². The fourth-order valence-electron chi connectivity index (χ4n) is 3.26. The van der Waals surface area contributed by atoms with Crippen LogP contribution in [0.4, 0.5) is 0 Å². The molecule has 2 fully saturated rings. The Hall–Kier alpha value is -2.07. The van der Waals surface area contributed by atoms with Crippen LogP contribution in [0.1, 0.15) is 52.1 Å². The van der Waals surface area contributed by atoms with Crippen molar-refractivity contribution in [3.8, 4) is 0 Å². The molecular weight excluding hydrogens is 290 g/mol. The third-order valence-electron chi connectivity index (χ3n) is 4.67. The molecule has 2 aromatic rings.